The molecule has 0 aliphatic heterocycles. The van der Waals surface area contributed by atoms with E-state index in [0.717, 1.165) is 41.4 Å². The Kier molecular flexibility index (Phi) is 9.02. The summed E-state index contributed by atoms with van der Waals surface area (Å²) in [6.45, 7) is 2.55. The lowest BCUT2D eigenvalue weighted by molar-refractivity contribution is 0.0499. The van der Waals surface area contributed by atoms with Gasteiger partial charge < -0.3 is 10.1 Å². The van der Waals surface area contributed by atoms with Gasteiger partial charge in [-0.1, -0.05) is 66.4 Å². The number of carbonyl (C=O) groups is 1. The van der Waals surface area contributed by atoms with E-state index >= 15 is 0 Å². The van der Waals surface area contributed by atoms with E-state index < -0.39 is 0 Å². The number of halogens is 1. The average Bonchev–Trinajstić information content (AvgIpc) is 3.30. The highest BCUT2D eigenvalue weighted by Crippen LogP contribution is 2.27. The number of para-hydroxylation sites is 1. The SMILES string of the molecule is CCCCCCOC(=O)c1ccccc1NC=C(C#N)c1nc(-c2ccc(Br)cc2)cs1. The van der Waals surface area contributed by atoms with Gasteiger partial charge in [0.15, 0.2) is 0 Å². The highest BCUT2D eigenvalue weighted by molar-refractivity contribution is 9.10. The van der Waals surface area contributed by atoms with Gasteiger partial charge in [-0.3, -0.25) is 0 Å². The number of nitriles is 1. The normalized spacial score (nSPS) is 11.1. The van der Waals surface area contributed by atoms with E-state index in [1.807, 2.05) is 35.7 Å². The zero-order chi connectivity index (χ0) is 22.8. The van der Waals surface area contributed by atoms with Crippen LogP contribution in [0.1, 0.15) is 48.0 Å². The number of carbonyl (C=O) groups excluding carboxylic acids is 1. The van der Waals surface area contributed by atoms with Crippen LogP contribution in [0.25, 0.3) is 16.8 Å². The van der Waals surface area contributed by atoms with E-state index in [1.54, 1.807) is 24.4 Å². The molecule has 32 heavy (non-hydrogen) atoms. The lowest BCUT2D eigenvalue weighted by Gasteiger charge is -2.09. The third-order valence-electron chi connectivity index (χ3n) is 4.75. The van der Waals surface area contributed by atoms with Gasteiger partial charge in [0.1, 0.15) is 16.6 Å². The van der Waals surface area contributed by atoms with Gasteiger partial charge in [-0.05, 0) is 30.7 Å². The number of aromatic nitrogens is 1. The number of hydrogen-bond acceptors (Lipinski definition) is 6. The highest BCUT2D eigenvalue weighted by atomic mass is 79.9. The molecular weight excluding hydrogens is 486 g/mol. The Morgan fingerprint density at radius 3 is 2.72 bits per heavy atom. The molecule has 0 unspecified atom stereocenters. The van der Waals surface area contributed by atoms with Crippen LogP contribution >= 0.6 is 27.3 Å². The van der Waals surface area contributed by atoms with Crippen LogP contribution in [0.15, 0.2) is 64.6 Å². The predicted molar refractivity (Wildman–Crippen MR) is 133 cm³/mol. The second kappa shape index (κ2) is 12.2. The van der Waals surface area contributed by atoms with Crippen LogP contribution in [0.3, 0.4) is 0 Å². The number of benzene rings is 2. The molecule has 2 aromatic carbocycles. The van der Waals surface area contributed by atoms with Gasteiger partial charge in [0.2, 0.25) is 0 Å². The van der Waals surface area contributed by atoms with Gasteiger partial charge in [0.25, 0.3) is 0 Å². The van der Waals surface area contributed by atoms with Gasteiger partial charge in [-0.2, -0.15) is 5.26 Å². The average molecular weight is 510 g/mol. The Morgan fingerprint density at radius 2 is 1.97 bits per heavy atom. The first-order valence-electron chi connectivity index (χ1n) is 10.5. The molecule has 0 radical (unpaired) electrons. The van der Waals surface area contributed by atoms with Crippen molar-refractivity contribution in [3.05, 3.63) is 75.2 Å². The third kappa shape index (κ3) is 6.52. The van der Waals surface area contributed by atoms with Crippen molar-refractivity contribution in [2.24, 2.45) is 0 Å². The molecule has 7 heteroatoms. The largest absolute Gasteiger partial charge is 0.462 e. The number of nitrogens with zero attached hydrogens (tertiary/aromatic N) is 2. The topological polar surface area (TPSA) is 75.0 Å². The molecule has 0 saturated carbocycles. The molecule has 164 valence electrons. The van der Waals surface area contributed by atoms with E-state index in [1.165, 1.54) is 11.3 Å². The Labute approximate surface area is 200 Å². The lowest BCUT2D eigenvalue weighted by atomic mass is 10.1. The summed E-state index contributed by atoms with van der Waals surface area (Å²) >= 11 is 4.83. The van der Waals surface area contributed by atoms with Crippen LogP contribution < -0.4 is 5.32 Å². The van der Waals surface area contributed by atoms with Crippen molar-refractivity contribution in [1.82, 2.24) is 4.98 Å². The summed E-state index contributed by atoms with van der Waals surface area (Å²) in [5, 5.41) is 15.3. The second-order valence-corrected chi connectivity index (χ2v) is 8.87. The molecule has 0 fully saturated rings. The van der Waals surface area contributed by atoms with Crippen LogP contribution in [-0.4, -0.2) is 17.6 Å². The van der Waals surface area contributed by atoms with E-state index in [4.69, 9.17) is 4.74 Å². The molecule has 0 spiro atoms. The Bertz CT molecular complexity index is 1120. The van der Waals surface area contributed by atoms with Crippen molar-refractivity contribution >= 4 is 44.5 Å². The summed E-state index contributed by atoms with van der Waals surface area (Å²) in [5.41, 5.74) is 3.20. The minimum absolute atomic E-state index is 0.372. The summed E-state index contributed by atoms with van der Waals surface area (Å²) in [6, 6.07) is 17.2. The molecule has 1 aromatic heterocycles. The molecular formula is C25H24BrN3O2S. The van der Waals surface area contributed by atoms with Gasteiger partial charge >= 0.3 is 5.97 Å². The predicted octanol–water partition coefficient (Wildman–Crippen LogP) is 7.29. The van der Waals surface area contributed by atoms with Crippen LogP contribution in [0.5, 0.6) is 0 Å². The van der Waals surface area contributed by atoms with E-state index in [-0.39, 0.29) is 5.97 Å². The first-order valence-corrected chi connectivity index (χ1v) is 12.1. The van der Waals surface area contributed by atoms with Gasteiger partial charge in [0, 0.05) is 21.6 Å². The van der Waals surface area contributed by atoms with Gasteiger partial charge in [-0.25, -0.2) is 9.78 Å². The molecule has 1 heterocycles. The summed E-state index contributed by atoms with van der Waals surface area (Å²) in [4.78, 5) is 17.1. The maximum Gasteiger partial charge on any atom is 0.340 e. The number of rotatable bonds is 10. The minimum atomic E-state index is -0.372. The summed E-state index contributed by atoms with van der Waals surface area (Å²) in [6.07, 6.45) is 5.76. The van der Waals surface area contributed by atoms with E-state index in [9.17, 15) is 10.1 Å². The number of nitrogens with one attached hydrogen (secondary N) is 1. The molecule has 0 aliphatic rings. The maximum atomic E-state index is 12.5. The zero-order valence-electron chi connectivity index (χ0n) is 17.8. The van der Waals surface area contributed by atoms with Crippen LogP contribution in [-0.2, 0) is 4.74 Å². The number of allylic oxidation sites excluding steroid dienone is 1. The van der Waals surface area contributed by atoms with Crippen LogP contribution in [0.4, 0.5) is 5.69 Å². The van der Waals surface area contributed by atoms with Crippen molar-refractivity contribution < 1.29 is 9.53 Å². The van der Waals surface area contributed by atoms with Gasteiger partial charge in [0.05, 0.1) is 23.6 Å². The molecule has 1 N–H and O–H groups in total. The quantitative estimate of drug-likeness (QED) is 0.176. The van der Waals surface area contributed by atoms with Crippen LogP contribution in [0.2, 0.25) is 0 Å². The minimum Gasteiger partial charge on any atom is -0.462 e. The Morgan fingerprint density at radius 1 is 1.19 bits per heavy atom. The lowest BCUT2D eigenvalue weighted by Crippen LogP contribution is -2.09. The Balaban J connectivity index is 1.70. The molecule has 3 aromatic rings. The van der Waals surface area contributed by atoms with Crippen molar-refractivity contribution in [2.75, 3.05) is 11.9 Å². The van der Waals surface area contributed by atoms with Crippen molar-refractivity contribution in [1.29, 1.82) is 5.26 Å². The Hall–Kier alpha value is -2.95. The standard InChI is InChI=1S/C25H24BrN3O2S/c1-2-3-4-7-14-31-25(30)21-8-5-6-9-22(21)28-16-19(15-27)24-29-23(17-32-24)18-10-12-20(26)13-11-18/h5-6,8-13,16-17,28H,2-4,7,14H2,1H3. The first-order chi connectivity index (χ1) is 15.6. The van der Waals surface area contributed by atoms with Crippen molar-refractivity contribution in [2.45, 2.75) is 32.6 Å². The number of esters is 1. The van der Waals surface area contributed by atoms with Crippen molar-refractivity contribution in [3.63, 3.8) is 0 Å². The highest BCUT2D eigenvalue weighted by Gasteiger charge is 2.13. The zero-order valence-corrected chi connectivity index (χ0v) is 20.2. The number of anilines is 1. The maximum absolute atomic E-state index is 12.5. The number of ether oxygens (including phenoxy) is 1. The third-order valence-corrected chi connectivity index (χ3v) is 6.15. The summed E-state index contributed by atoms with van der Waals surface area (Å²) in [7, 11) is 0. The fraction of sp³-hybridized carbons (Fsp3) is 0.240. The molecule has 3 rings (SSSR count). The molecule has 0 aliphatic carbocycles. The second-order valence-electron chi connectivity index (χ2n) is 7.10. The van der Waals surface area contributed by atoms with E-state index in [0.29, 0.717) is 28.4 Å². The van der Waals surface area contributed by atoms with E-state index in [2.05, 4.69) is 39.2 Å². The van der Waals surface area contributed by atoms with Gasteiger partial charge in [-0.15, -0.1) is 11.3 Å². The molecule has 5 nitrogen and oxygen atoms in total. The fourth-order valence-corrected chi connectivity index (χ4v) is 4.06. The van der Waals surface area contributed by atoms with Crippen LogP contribution in [0, 0.1) is 11.3 Å². The number of hydrogen-bond donors (Lipinski definition) is 1. The molecule has 0 atom stereocenters. The van der Waals surface area contributed by atoms with Crippen molar-refractivity contribution in [3.8, 4) is 17.3 Å². The summed E-state index contributed by atoms with van der Waals surface area (Å²) in [5.74, 6) is -0.372. The monoisotopic (exact) mass is 509 g/mol. The fourth-order valence-electron chi connectivity index (χ4n) is 3.00. The first kappa shape index (κ1) is 23.7. The molecule has 0 saturated heterocycles. The number of unbranched alkanes of at least 4 members (excludes halogenated alkanes) is 3. The number of thiazole rings is 1. The summed E-state index contributed by atoms with van der Waals surface area (Å²) < 4.78 is 6.41. The smallest absolute Gasteiger partial charge is 0.340 e. The molecule has 0 amide bonds. The molecule has 0 bridgehead atoms.